The number of benzene rings is 1. The number of nitrogens with zero attached hydrogens (tertiary/aromatic N) is 2. The van der Waals surface area contributed by atoms with Crippen molar-refractivity contribution in [3.05, 3.63) is 23.8 Å². The summed E-state index contributed by atoms with van der Waals surface area (Å²) in [5.41, 5.74) is 1.20. The quantitative estimate of drug-likeness (QED) is 0.426. The number of rotatable bonds is 9. The first kappa shape index (κ1) is 19.1. The van der Waals surface area contributed by atoms with E-state index >= 15 is 0 Å². The van der Waals surface area contributed by atoms with E-state index in [9.17, 15) is 0 Å². The maximum atomic E-state index is 5.35. The summed E-state index contributed by atoms with van der Waals surface area (Å²) >= 11 is 0. The molecule has 0 aliphatic heterocycles. The van der Waals surface area contributed by atoms with E-state index in [0.717, 1.165) is 37.0 Å². The van der Waals surface area contributed by atoms with Gasteiger partial charge in [-0.1, -0.05) is 6.07 Å². The molecule has 0 aromatic heterocycles. The first-order valence-electron chi connectivity index (χ1n) is 7.85. The van der Waals surface area contributed by atoms with Gasteiger partial charge in [-0.15, -0.1) is 0 Å². The second-order valence-corrected chi connectivity index (χ2v) is 5.09. The molecule has 0 aliphatic rings. The third-order valence-electron chi connectivity index (χ3n) is 3.44. The molecular weight excluding hydrogens is 294 g/mol. The minimum atomic E-state index is 0.623. The Hall–Kier alpha value is -1.95. The van der Waals surface area contributed by atoms with Gasteiger partial charge in [0, 0.05) is 27.2 Å². The van der Waals surface area contributed by atoms with Crippen LogP contribution in [0.4, 0.5) is 0 Å². The predicted molar refractivity (Wildman–Crippen MR) is 93.7 cm³/mol. The molecule has 1 N–H and O–H groups in total. The highest BCUT2D eigenvalue weighted by molar-refractivity contribution is 5.79. The normalized spacial score (nSPS) is 11.3. The van der Waals surface area contributed by atoms with Crippen LogP contribution >= 0.6 is 0 Å². The van der Waals surface area contributed by atoms with Crippen LogP contribution in [0.15, 0.2) is 23.2 Å². The van der Waals surface area contributed by atoms with Crippen LogP contribution in [0, 0.1) is 0 Å². The Morgan fingerprint density at radius 1 is 1.17 bits per heavy atom. The molecule has 0 aliphatic carbocycles. The Labute approximate surface area is 139 Å². The average molecular weight is 323 g/mol. The minimum Gasteiger partial charge on any atom is -0.493 e. The highest BCUT2D eigenvalue weighted by Gasteiger charge is 2.08. The number of nitrogens with one attached hydrogen (secondary N) is 1. The molecule has 0 heterocycles. The topological polar surface area (TPSA) is 55.3 Å². The first-order valence-corrected chi connectivity index (χ1v) is 7.85. The molecule has 0 saturated carbocycles. The molecule has 130 valence electrons. The van der Waals surface area contributed by atoms with Crippen LogP contribution in [0.1, 0.15) is 12.5 Å². The summed E-state index contributed by atoms with van der Waals surface area (Å²) in [5, 5.41) is 3.29. The number of hydrogen-bond donors (Lipinski definition) is 1. The van der Waals surface area contributed by atoms with Crippen molar-refractivity contribution in [2.45, 2.75) is 13.3 Å². The number of hydrogen-bond acceptors (Lipinski definition) is 4. The largest absolute Gasteiger partial charge is 0.493 e. The van der Waals surface area contributed by atoms with Crippen LogP contribution in [0.2, 0.25) is 0 Å². The Morgan fingerprint density at radius 2 is 1.91 bits per heavy atom. The number of ether oxygens (including phenoxy) is 3. The Balaban J connectivity index is 2.65. The fourth-order valence-electron chi connectivity index (χ4n) is 2.15. The van der Waals surface area contributed by atoms with Crippen LogP contribution < -0.4 is 14.8 Å². The van der Waals surface area contributed by atoms with Crippen molar-refractivity contribution in [1.29, 1.82) is 0 Å². The second kappa shape index (κ2) is 10.7. The van der Waals surface area contributed by atoms with E-state index in [1.54, 1.807) is 21.3 Å². The molecule has 0 fully saturated rings. The Kier molecular flexibility index (Phi) is 8.90. The van der Waals surface area contributed by atoms with Gasteiger partial charge >= 0.3 is 0 Å². The van der Waals surface area contributed by atoms with E-state index < -0.39 is 0 Å². The lowest BCUT2D eigenvalue weighted by molar-refractivity contribution is 0.207. The highest BCUT2D eigenvalue weighted by Crippen LogP contribution is 2.27. The zero-order valence-corrected chi connectivity index (χ0v) is 14.9. The maximum Gasteiger partial charge on any atom is 0.193 e. The van der Waals surface area contributed by atoms with Crippen molar-refractivity contribution in [3.8, 4) is 11.5 Å². The number of likely N-dealkylation sites (N-methyl/N-ethyl adjacent to an activating group) is 1. The van der Waals surface area contributed by atoms with E-state index in [1.165, 1.54) is 5.56 Å². The zero-order valence-electron chi connectivity index (χ0n) is 14.9. The van der Waals surface area contributed by atoms with Gasteiger partial charge in [-0.25, -0.2) is 0 Å². The van der Waals surface area contributed by atoms with E-state index in [-0.39, 0.29) is 0 Å². The lowest BCUT2D eigenvalue weighted by Crippen LogP contribution is -2.40. The van der Waals surface area contributed by atoms with Gasteiger partial charge in [-0.3, -0.25) is 4.99 Å². The summed E-state index contributed by atoms with van der Waals surface area (Å²) < 4.78 is 15.7. The molecule has 1 aromatic rings. The van der Waals surface area contributed by atoms with Crippen LogP contribution in [-0.4, -0.2) is 65.5 Å². The molecule has 0 spiro atoms. The van der Waals surface area contributed by atoms with Crippen molar-refractivity contribution >= 4 is 5.96 Å². The molecule has 0 radical (unpaired) electrons. The van der Waals surface area contributed by atoms with E-state index in [1.807, 2.05) is 19.2 Å². The molecule has 0 unspecified atom stereocenters. The lowest BCUT2D eigenvalue weighted by Gasteiger charge is -2.22. The van der Waals surface area contributed by atoms with Gasteiger partial charge in [0.05, 0.1) is 27.4 Å². The van der Waals surface area contributed by atoms with Gasteiger partial charge in [-0.05, 0) is 31.0 Å². The average Bonchev–Trinajstić information content (AvgIpc) is 2.58. The van der Waals surface area contributed by atoms with Crippen molar-refractivity contribution in [2.24, 2.45) is 4.99 Å². The molecule has 0 saturated heterocycles. The van der Waals surface area contributed by atoms with Gasteiger partial charge in [0.2, 0.25) is 0 Å². The smallest absolute Gasteiger partial charge is 0.193 e. The van der Waals surface area contributed by atoms with E-state index in [4.69, 9.17) is 14.2 Å². The molecule has 1 aromatic carbocycles. The fourth-order valence-corrected chi connectivity index (χ4v) is 2.15. The molecule has 6 nitrogen and oxygen atoms in total. The molecule has 1 rings (SSSR count). The molecule has 0 amide bonds. The summed E-state index contributed by atoms with van der Waals surface area (Å²) in [6.45, 7) is 5.03. The van der Waals surface area contributed by atoms with Gasteiger partial charge in [0.25, 0.3) is 0 Å². The summed E-state index contributed by atoms with van der Waals surface area (Å²) in [6.07, 6.45) is 0.894. The van der Waals surface area contributed by atoms with Crippen LogP contribution in [0.25, 0.3) is 0 Å². The highest BCUT2D eigenvalue weighted by atomic mass is 16.5. The van der Waals surface area contributed by atoms with Crippen molar-refractivity contribution in [1.82, 2.24) is 10.2 Å². The molecule has 0 bridgehead atoms. The predicted octanol–water partition coefficient (Wildman–Crippen LogP) is 1.79. The van der Waals surface area contributed by atoms with Crippen molar-refractivity contribution in [2.75, 3.05) is 54.6 Å². The van der Waals surface area contributed by atoms with Crippen LogP contribution in [0.3, 0.4) is 0 Å². The minimum absolute atomic E-state index is 0.623. The first-order chi connectivity index (χ1) is 11.2. The number of aliphatic imine (C=N–C) groups is 1. The van der Waals surface area contributed by atoms with Crippen LogP contribution in [0.5, 0.6) is 11.5 Å². The lowest BCUT2D eigenvalue weighted by atomic mass is 10.1. The van der Waals surface area contributed by atoms with E-state index in [0.29, 0.717) is 13.2 Å². The molecule has 0 atom stereocenters. The molecular formula is C17H29N3O3. The van der Waals surface area contributed by atoms with Gasteiger partial charge in [-0.2, -0.15) is 0 Å². The SMILES string of the molecule is CCNC(=NCCOC)N(C)CCc1ccc(OC)c(OC)c1. The molecule has 23 heavy (non-hydrogen) atoms. The summed E-state index contributed by atoms with van der Waals surface area (Å²) in [7, 11) is 7.02. The monoisotopic (exact) mass is 323 g/mol. The molecule has 6 heteroatoms. The van der Waals surface area contributed by atoms with Gasteiger partial charge in [0.15, 0.2) is 17.5 Å². The summed E-state index contributed by atoms with van der Waals surface area (Å²) in [4.78, 5) is 6.66. The maximum absolute atomic E-state index is 5.35. The summed E-state index contributed by atoms with van der Waals surface area (Å²) in [5.74, 6) is 2.40. The fraction of sp³-hybridized carbons (Fsp3) is 0.588. The van der Waals surface area contributed by atoms with Gasteiger partial charge < -0.3 is 24.4 Å². The van der Waals surface area contributed by atoms with Crippen LogP contribution in [-0.2, 0) is 11.2 Å². The standard InChI is InChI=1S/C17H29N3O3/c1-6-18-17(19-10-12-21-3)20(2)11-9-14-7-8-15(22-4)16(13-14)23-5/h7-8,13H,6,9-12H2,1-5H3,(H,18,19). The zero-order chi connectivity index (χ0) is 17.1. The Morgan fingerprint density at radius 3 is 2.52 bits per heavy atom. The van der Waals surface area contributed by atoms with Crippen molar-refractivity contribution in [3.63, 3.8) is 0 Å². The Bertz CT molecular complexity index is 492. The second-order valence-electron chi connectivity index (χ2n) is 5.09. The van der Waals surface area contributed by atoms with Gasteiger partial charge in [0.1, 0.15) is 0 Å². The number of methoxy groups -OCH3 is 3. The summed E-state index contributed by atoms with van der Waals surface area (Å²) in [6, 6.07) is 6.01. The van der Waals surface area contributed by atoms with E-state index in [2.05, 4.69) is 28.2 Å². The third kappa shape index (κ3) is 6.36. The van der Waals surface area contributed by atoms with Crippen molar-refractivity contribution < 1.29 is 14.2 Å². The third-order valence-corrected chi connectivity index (χ3v) is 3.44. The number of guanidine groups is 1.